The van der Waals surface area contributed by atoms with Crippen LogP contribution in [-0.2, 0) is 11.2 Å². The maximum absolute atomic E-state index is 12.3. The fourth-order valence-corrected chi connectivity index (χ4v) is 3.77. The maximum atomic E-state index is 12.3. The number of thioether (sulfide) groups is 1. The normalized spacial score (nSPS) is 10.7. The molecule has 0 aliphatic rings. The predicted octanol–water partition coefficient (Wildman–Crippen LogP) is 2.91. The summed E-state index contributed by atoms with van der Waals surface area (Å²) in [5.41, 5.74) is 3.07. The van der Waals surface area contributed by atoms with Crippen LogP contribution in [-0.4, -0.2) is 49.9 Å². The van der Waals surface area contributed by atoms with Crippen molar-refractivity contribution in [2.24, 2.45) is 0 Å². The van der Waals surface area contributed by atoms with Gasteiger partial charge in [0.1, 0.15) is 12.1 Å². The number of ether oxygens (including phenoxy) is 1. The third-order valence-corrected chi connectivity index (χ3v) is 5.58. The summed E-state index contributed by atoms with van der Waals surface area (Å²) in [6, 6.07) is 17.6. The Labute approximate surface area is 184 Å². The molecule has 0 saturated carbocycles. The predicted molar refractivity (Wildman–Crippen MR) is 119 cm³/mol. The van der Waals surface area contributed by atoms with E-state index < -0.39 is 0 Å². The second kappa shape index (κ2) is 9.94. The molecule has 1 N–H and O–H groups in total. The molecule has 0 radical (unpaired) electrons. The lowest BCUT2D eigenvalue weighted by Gasteiger charge is -2.08. The van der Waals surface area contributed by atoms with Gasteiger partial charge in [-0.05, 0) is 54.4 Å². The van der Waals surface area contributed by atoms with E-state index in [2.05, 4.69) is 32.7 Å². The van der Waals surface area contributed by atoms with Crippen molar-refractivity contribution in [1.29, 1.82) is 0 Å². The summed E-state index contributed by atoms with van der Waals surface area (Å²) in [6.07, 6.45) is 6.05. The Morgan fingerprint density at radius 2 is 1.87 bits per heavy atom. The zero-order valence-electron chi connectivity index (χ0n) is 17.0. The molecule has 0 bridgehead atoms. The van der Waals surface area contributed by atoms with E-state index in [1.165, 1.54) is 11.8 Å². The Balaban J connectivity index is 1.24. The van der Waals surface area contributed by atoms with Gasteiger partial charge in [-0.1, -0.05) is 23.9 Å². The number of carbonyl (C=O) groups is 1. The summed E-state index contributed by atoms with van der Waals surface area (Å²) in [4.78, 5) is 12.3. The highest BCUT2D eigenvalue weighted by molar-refractivity contribution is 7.99. The van der Waals surface area contributed by atoms with Gasteiger partial charge in [-0.25, -0.2) is 4.68 Å². The fraction of sp³-hybridized carbons (Fsp3) is 0.182. The summed E-state index contributed by atoms with van der Waals surface area (Å²) in [7, 11) is 1.63. The fourth-order valence-electron chi connectivity index (χ4n) is 3.01. The van der Waals surface area contributed by atoms with Gasteiger partial charge in [-0.15, -0.1) is 10.2 Å². The first-order valence-electron chi connectivity index (χ1n) is 9.76. The molecular weight excluding hydrogens is 412 g/mol. The van der Waals surface area contributed by atoms with Crippen molar-refractivity contribution in [2.75, 3.05) is 19.4 Å². The minimum Gasteiger partial charge on any atom is -0.497 e. The number of amides is 1. The van der Waals surface area contributed by atoms with Crippen LogP contribution >= 0.6 is 11.8 Å². The molecule has 0 atom stereocenters. The first-order chi connectivity index (χ1) is 15.2. The Hall–Kier alpha value is -3.59. The number of hydrogen-bond acceptors (Lipinski definition) is 6. The van der Waals surface area contributed by atoms with Crippen molar-refractivity contribution < 1.29 is 9.53 Å². The SMILES string of the molecule is COc1ccc(-n2cnnc2SCC(=O)NCCc2ccc(-n3cccn3)cc2)cc1. The summed E-state index contributed by atoms with van der Waals surface area (Å²) >= 11 is 1.35. The van der Waals surface area contributed by atoms with Crippen molar-refractivity contribution in [3.05, 3.63) is 78.9 Å². The van der Waals surface area contributed by atoms with Crippen LogP contribution in [0.15, 0.2) is 78.5 Å². The van der Waals surface area contributed by atoms with Gasteiger partial charge in [0.05, 0.1) is 18.6 Å². The molecule has 31 heavy (non-hydrogen) atoms. The zero-order valence-corrected chi connectivity index (χ0v) is 17.8. The molecule has 0 aliphatic heterocycles. The maximum Gasteiger partial charge on any atom is 0.230 e. The van der Waals surface area contributed by atoms with E-state index in [0.29, 0.717) is 11.7 Å². The monoisotopic (exact) mass is 434 g/mol. The summed E-state index contributed by atoms with van der Waals surface area (Å²) < 4.78 is 8.84. The molecule has 1 amide bonds. The molecule has 4 rings (SSSR count). The quantitative estimate of drug-likeness (QED) is 0.408. The molecule has 0 spiro atoms. The van der Waals surface area contributed by atoms with Crippen molar-refractivity contribution in [3.8, 4) is 17.1 Å². The van der Waals surface area contributed by atoms with E-state index in [4.69, 9.17) is 4.74 Å². The molecule has 2 heterocycles. The van der Waals surface area contributed by atoms with E-state index >= 15 is 0 Å². The van der Waals surface area contributed by atoms with Crippen molar-refractivity contribution in [1.82, 2.24) is 29.9 Å². The Kier molecular flexibility index (Phi) is 6.63. The second-order valence-electron chi connectivity index (χ2n) is 6.69. The van der Waals surface area contributed by atoms with Crippen LogP contribution in [0.25, 0.3) is 11.4 Å². The van der Waals surface area contributed by atoms with Crippen LogP contribution in [0.4, 0.5) is 0 Å². The number of rotatable bonds is 9. The second-order valence-corrected chi connectivity index (χ2v) is 7.63. The number of aromatic nitrogens is 5. The standard InChI is InChI=1S/C22H22N6O2S/c1-30-20-9-7-18(8-10-20)27-16-24-26-22(27)31-15-21(29)23-13-11-17-3-5-19(6-4-17)28-14-2-12-25-28/h2-10,12,14,16H,11,13,15H2,1H3,(H,23,29). The number of benzene rings is 2. The van der Waals surface area contributed by atoms with Crippen molar-refractivity contribution in [2.45, 2.75) is 11.6 Å². The highest BCUT2D eigenvalue weighted by Gasteiger charge is 2.10. The number of hydrogen-bond donors (Lipinski definition) is 1. The Morgan fingerprint density at radius 3 is 2.58 bits per heavy atom. The molecule has 0 saturated heterocycles. The van der Waals surface area contributed by atoms with Gasteiger partial charge in [-0.2, -0.15) is 5.10 Å². The molecule has 2 aromatic carbocycles. The van der Waals surface area contributed by atoms with Gasteiger partial charge in [0.25, 0.3) is 0 Å². The first-order valence-corrected chi connectivity index (χ1v) is 10.7. The van der Waals surface area contributed by atoms with E-state index in [9.17, 15) is 4.79 Å². The Morgan fingerprint density at radius 1 is 1.10 bits per heavy atom. The van der Waals surface area contributed by atoms with Crippen molar-refractivity contribution in [3.63, 3.8) is 0 Å². The van der Waals surface area contributed by atoms with E-state index in [1.807, 2.05) is 57.9 Å². The lowest BCUT2D eigenvalue weighted by atomic mass is 10.1. The van der Waals surface area contributed by atoms with E-state index in [1.54, 1.807) is 19.6 Å². The average Bonchev–Trinajstić information content (AvgIpc) is 3.51. The summed E-state index contributed by atoms with van der Waals surface area (Å²) in [6.45, 7) is 0.575. The lowest BCUT2D eigenvalue weighted by Crippen LogP contribution is -2.27. The molecule has 2 aromatic heterocycles. The molecule has 4 aromatic rings. The highest BCUT2D eigenvalue weighted by Crippen LogP contribution is 2.21. The molecule has 9 heteroatoms. The molecule has 0 unspecified atom stereocenters. The Bertz CT molecular complexity index is 1110. The van der Waals surface area contributed by atoms with Gasteiger partial charge in [-0.3, -0.25) is 9.36 Å². The van der Waals surface area contributed by atoms with E-state index in [-0.39, 0.29) is 11.7 Å². The molecule has 0 aliphatic carbocycles. The molecule has 8 nitrogen and oxygen atoms in total. The third-order valence-electron chi connectivity index (χ3n) is 4.64. The molecule has 158 valence electrons. The third kappa shape index (κ3) is 5.32. The average molecular weight is 435 g/mol. The number of nitrogens with one attached hydrogen (secondary N) is 1. The topological polar surface area (TPSA) is 86.9 Å². The zero-order chi connectivity index (χ0) is 21.5. The van der Waals surface area contributed by atoms with Gasteiger partial charge in [0.15, 0.2) is 5.16 Å². The van der Waals surface area contributed by atoms with Gasteiger partial charge < -0.3 is 10.1 Å². The lowest BCUT2D eigenvalue weighted by molar-refractivity contribution is -0.118. The minimum absolute atomic E-state index is 0.0394. The highest BCUT2D eigenvalue weighted by atomic mass is 32.2. The van der Waals surface area contributed by atoms with Crippen LogP contribution in [0.5, 0.6) is 5.75 Å². The largest absolute Gasteiger partial charge is 0.497 e. The molecular formula is C22H22N6O2S. The van der Waals surface area contributed by atoms with E-state index in [0.717, 1.165) is 29.1 Å². The number of methoxy groups -OCH3 is 1. The van der Waals surface area contributed by atoms with Gasteiger partial charge >= 0.3 is 0 Å². The minimum atomic E-state index is -0.0394. The van der Waals surface area contributed by atoms with Crippen LogP contribution in [0.3, 0.4) is 0 Å². The number of nitrogens with zero attached hydrogens (tertiary/aromatic N) is 5. The van der Waals surface area contributed by atoms with Gasteiger partial charge in [0.2, 0.25) is 5.91 Å². The first kappa shape index (κ1) is 20.7. The smallest absolute Gasteiger partial charge is 0.230 e. The van der Waals surface area contributed by atoms with Crippen LogP contribution in [0, 0.1) is 0 Å². The van der Waals surface area contributed by atoms with Crippen molar-refractivity contribution >= 4 is 17.7 Å². The van der Waals surface area contributed by atoms with Crippen LogP contribution in [0.2, 0.25) is 0 Å². The van der Waals surface area contributed by atoms with Gasteiger partial charge in [0, 0.05) is 24.6 Å². The van der Waals surface area contributed by atoms with Crippen LogP contribution in [0.1, 0.15) is 5.56 Å². The number of carbonyl (C=O) groups excluding carboxylic acids is 1. The molecule has 0 fully saturated rings. The summed E-state index contributed by atoms with van der Waals surface area (Å²) in [5.74, 6) is 1.01. The summed E-state index contributed by atoms with van der Waals surface area (Å²) in [5, 5.41) is 15.9. The van der Waals surface area contributed by atoms with Crippen LogP contribution < -0.4 is 10.1 Å².